The van der Waals surface area contributed by atoms with Crippen molar-refractivity contribution in [2.24, 2.45) is 0 Å². The maximum atomic E-state index is 12.1. The highest BCUT2D eigenvalue weighted by atomic mass is 32.2. The van der Waals surface area contributed by atoms with Crippen molar-refractivity contribution in [2.45, 2.75) is 12.7 Å². The monoisotopic (exact) mass is 338 g/mol. The first-order chi connectivity index (χ1) is 11.6. The summed E-state index contributed by atoms with van der Waals surface area (Å²) in [6.45, 7) is 1.99. The Bertz CT molecular complexity index is 920. The molecule has 2 aromatic carbocycles. The van der Waals surface area contributed by atoms with Crippen LogP contribution in [0, 0.1) is 6.92 Å². The van der Waals surface area contributed by atoms with Crippen molar-refractivity contribution in [3.8, 4) is 0 Å². The molecule has 5 heteroatoms. The summed E-state index contributed by atoms with van der Waals surface area (Å²) < 4.78 is 0. The normalized spacial score (nSPS) is 10.7. The van der Waals surface area contributed by atoms with Crippen LogP contribution in [0.2, 0.25) is 0 Å². The largest absolute Gasteiger partial charge is 0.357 e. The summed E-state index contributed by atoms with van der Waals surface area (Å²) in [4.78, 5) is 27.3. The molecule has 0 saturated heterocycles. The second-order valence-corrected chi connectivity index (χ2v) is 6.60. The van der Waals surface area contributed by atoms with Crippen molar-refractivity contribution in [1.82, 2.24) is 4.98 Å². The van der Waals surface area contributed by atoms with Gasteiger partial charge in [-0.2, -0.15) is 0 Å². The molecule has 0 spiro atoms. The van der Waals surface area contributed by atoms with E-state index in [1.54, 1.807) is 6.07 Å². The molecular formula is C19H18N2O2S. The molecule has 2 N–H and O–H groups in total. The molecule has 122 valence electrons. The van der Waals surface area contributed by atoms with Gasteiger partial charge in [-0.15, -0.1) is 11.8 Å². The second kappa shape index (κ2) is 7.36. The SMILES string of the molecule is Cc1ccc2c(=O)cc(CSCC(=O)Nc3ccccc3)[nH]c2c1. The van der Waals surface area contributed by atoms with Gasteiger partial charge in [0.25, 0.3) is 0 Å². The lowest BCUT2D eigenvalue weighted by molar-refractivity contribution is -0.113. The standard InChI is InChI=1S/C19H18N2O2S/c1-13-7-8-16-17(9-13)20-15(10-18(16)22)11-24-12-19(23)21-14-5-3-2-4-6-14/h2-10H,11-12H2,1H3,(H,20,22)(H,21,23). The van der Waals surface area contributed by atoms with Crippen LogP contribution in [0.25, 0.3) is 10.9 Å². The van der Waals surface area contributed by atoms with E-state index in [0.717, 1.165) is 22.5 Å². The van der Waals surface area contributed by atoms with Gasteiger partial charge in [0, 0.05) is 34.1 Å². The van der Waals surface area contributed by atoms with Crippen molar-refractivity contribution in [3.63, 3.8) is 0 Å². The van der Waals surface area contributed by atoms with Gasteiger partial charge in [-0.25, -0.2) is 0 Å². The van der Waals surface area contributed by atoms with E-state index >= 15 is 0 Å². The molecule has 3 rings (SSSR count). The lowest BCUT2D eigenvalue weighted by Gasteiger charge is -2.06. The molecule has 0 aliphatic carbocycles. The predicted molar refractivity (Wildman–Crippen MR) is 101 cm³/mol. The van der Waals surface area contributed by atoms with Gasteiger partial charge in [0.1, 0.15) is 0 Å². The summed E-state index contributed by atoms with van der Waals surface area (Å²) in [7, 11) is 0. The number of hydrogen-bond donors (Lipinski definition) is 2. The smallest absolute Gasteiger partial charge is 0.234 e. The Morgan fingerprint density at radius 1 is 1.12 bits per heavy atom. The molecular weight excluding hydrogens is 320 g/mol. The zero-order valence-corrected chi connectivity index (χ0v) is 14.2. The third kappa shape index (κ3) is 4.06. The number of carbonyl (C=O) groups excluding carboxylic acids is 1. The number of thioether (sulfide) groups is 1. The third-order valence-electron chi connectivity index (χ3n) is 3.59. The number of benzene rings is 2. The maximum Gasteiger partial charge on any atom is 0.234 e. The molecule has 1 heterocycles. The Morgan fingerprint density at radius 2 is 1.92 bits per heavy atom. The van der Waals surface area contributed by atoms with Gasteiger partial charge in [-0.3, -0.25) is 9.59 Å². The number of H-pyrrole nitrogens is 1. The van der Waals surface area contributed by atoms with Crippen LogP contribution in [-0.2, 0) is 10.5 Å². The fourth-order valence-corrected chi connectivity index (χ4v) is 3.21. The van der Waals surface area contributed by atoms with Crippen molar-refractivity contribution < 1.29 is 4.79 Å². The number of fused-ring (bicyclic) bond motifs is 1. The summed E-state index contributed by atoms with van der Waals surface area (Å²) in [5, 5.41) is 3.54. The van der Waals surface area contributed by atoms with Crippen LogP contribution in [0.5, 0.6) is 0 Å². The molecule has 1 amide bonds. The fraction of sp³-hybridized carbons (Fsp3) is 0.158. The number of hydrogen-bond acceptors (Lipinski definition) is 3. The molecule has 0 fully saturated rings. The van der Waals surface area contributed by atoms with Gasteiger partial charge in [0.05, 0.1) is 5.75 Å². The summed E-state index contributed by atoms with van der Waals surface area (Å²) in [6, 6.07) is 16.7. The highest BCUT2D eigenvalue weighted by Gasteiger charge is 2.05. The molecule has 0 bridgehead atoms. The topological polar surface area (TPSA) is 62.0 Å². The number of aromatic nitrogens is 1. The summed E-state index contributed by atoms with van der Waals surface area (Å²) in [5.41, 5.74) is 3.57. The van der Waals surface area contributed by atoms with E-state index in [4.69, 9.17) is 0 Å². The fourth-order valence-electron chi connectivity index (χ4n) is 2.47. The first kappa shape index (κ1) is 16.3. The number of aromatic amines is 1. The van der Waals surface area contributed by atoms with Gasteiger partial charge in [-0.05, 0) is 36.8 Å². The summed E-state index contributed by atoms with van der Waals surface area (Å²) in [6.07, 6.45) is 0. The Hall–Kier alpha value is -2.53. The van der Waals surface area contributed by atoms with Gasteiger partial charge < -0.3 is 10.3 Å². The van der Waals surface area contributed by atoms with Crippen LogP contribution in [0.15, 0.2) is 59.4 Å². The van der Waals surface area contributed by atoms with Crippen molar-refractivity contribution in [1.29, 1.82) is 0 Å². The summed E-state index contributed by atoms with van der Waals surface area (Å²) >= 11 is 1.47. The number of rotatable bonds is 5. The zero-order valence-electron chi connectivity index (χ0n) is 13.3. The highest BCUT2D eigenvalue weighted by Crippen LogP contribution is 2.15. The molecule has 4 nitrogen and oxygen atoms in total. The van der Waals surface area contributed by atoms with Gasteiger partial charge in [0.15, 0.2) is 5.43 Å². The molecule has 0 aliphatic rings. The first-order valence-corrected chi connectivity index (χ1v) is 8.82. The van der Waals surface area contributed by atoms with E-state index in [1.807, 2.05) is 55.5 Å². The average molecular weight is 338 g/mol. The van der Waals surface area contributed by atoms with Crippen molar-refractivity contribution in [2.75, 3.05) is 11.1 Å². The number of carbonyl (C=O) groups is 1. The lowest BCUT2D eigenvalue weighted by Crippen LogP contribution is -2.14. The number of para-hydroxylation sites is 1. The van der Waals surface area contributed by atoms with Crippen LogP contribution >= 0.6 is 11.8 Å². The number of amides is 1. The first-order valence-electron chi connectivity index (χ1n) is 7.67. The molecule has 24 heavy (non-hydrogen) atoms. The molecule has 0 unspecified atom stereocenters. The van der Waals surface area contributed by atoms with Gasteiger partial charge in [0.2, 0.25) is 5.91 Å². The second-order valence-electron chi connectivity index (χ2n) is 5.61. The third-order valence-corrected chi connectivity index (χ3v) is 4.57. The molecule has 0 saturated carbocycles. The van der Waals surface area contributed by atoms with E-state index in [2.05, 4.69) is 10.3 Å². The van der Waals surface area contributed by atoms with Gasteiger partial charge in [-0.1, -0.05) is 24.3 Å². The van der Waals surface area contributed by atoms with Crippen molar-refractivity contribution >= 4 is 34.3 Å². The van der Waals surface area contributed by atoms with Crippen LogP contribution in [-0.4, -0.2) is 16.6 Å². The number of nitrogens with one attached hydrogen (secondary N) is 2. The molecule has 1 aromatic heterocycles. The summed E-state index contributed by atoms with van der Waals surface area (Å²) in [5.74, 6) is 0.870. The molecule has 3 aromatic rings. The van der Waals surface area contributed by atoms with E-state index in [0.29, 0.717) is 16.9 Å². The van der Waals surface area contributed by atoms with E-state index in [9.17, 15) is 9.59 Å². The zero-order chi connectivity index (χ0) is 16.9. The highest BCUT2D eigenvalue weighted by molar-refractivity contribution is 7.99. The van der Waals surface area contributed by atoms with Crippen molar-refractivity contribution in [3.05, 3.63) is 76.1 Å². The average Bonchev–Trinajstić information content (AvgIpc) is 2.55. The number of pyridine rings is 1. The Kier molecular flexibility index (Phi) is 5.01. The molecule has 0 atom stereocenters. The Labute approximate surface area is 144 Å². The van der Waals surface area contributed by atoms with E-state index in [1.165, 1.54) is 11.8 Å². The quantitative estimate of drug-likeness (QED) is 0.745. The van der Waals surface area contributed by atoms with Crippen LogP contribution in [0.4, 0.5) is 5.69 Å². The Morgan fingerprint density at radius 3 is 2.71 bits per heavy atom. The van der Waals surface area contributed by atoms with Crippen LogP contribution in [0.3, 0.4) is 0 Å². The minimum Gasteiger partial charge on any atom is -0.357 e. The number of aryl methyl sites for hydroxylation is 1. The minimum atomic E-state index is -0.0508. The van der Waals surface area contributed by atoms with E-state index < -0.39 is 0 Å². The Balaban J connectivity index is 1.61. The minimum absolute atomic E-state index is 0.00749. The number of anilines is 1. The van der Waals surface area contributed by atoms with Crippen LogP contribution in [0.1, 0.15) is 11.3 Å². The van der Waals surface area contributed by atoms with Gasteiger partial charge >= 0.3 is 0 Å². The maximum absolute atomic E-state index is 12.1. The molecule has 0 radical (unpaired) electrons. The van der Waals surface area contributed by atoms with E-state index in [-0.39, 0.29) is 11.3 Å². The molecule has 0 aliphatic heterocycles. The lowest BCUT2D eigenvalue weighted by atomic mass is 10.1. The van der Waals surface area contributed by atoms with Crippen LogP contribution < -0.4 is 10.7 Å². The predicted octanol–water partition coefficient (Wildman–Crippen LogP) is 3.71.